The number of anilines is 1. The molecule has 4 rings (SSSR count). The first kappa shape index (κ1) is 17.1. The zero-order valence-corrected chi connectivity index (χ0v) is 14.8. The molecule has 2 aliphatic rings. The molecule has 2 heterocycles. The molecule has 1 N–H and O–H groups in total. The summed E-state index contributed by atoms with van der Waals surface area (Å²) in [4.78, 5) is 40.8. The van der Waals surface area contributed by atoms with E-state index in [-0.39, 0.29) is 12.5 Å². The van der Waals surface area contributed by atoms with E-state index < -0.39 is 17.5 Å². The van der Waals surface area contributed by atoms with Crippen LogP contribution in [0.5, 0.6) is 5.75 Å². The molecule has 27 heavy (non-hydrogen) atoms. The van der Waals surface area contributed by atoms with Crippen LogP contribution in [0.1, 0.15) is 12.0 Å². The first-order valence-electron chi connectivity index (χ1n) is 8.71. The topological polar surface area (TPSA) is 79.0 Å². The summed E-state index contributed by atoms with van der Waals surface area (Å²) in [7, 11) is 1.62. The number of carbonyl (C=O) groups excluding carboxylic acids is 3. The Balaban J connectivity index is 1.59. The highest BCUT2D eigenvalue weighted by atomic mass is 16.5. The Morgan fingerprint density at radius 2 is 1.85 bits per heavy atom. The minimum atomic E-state index is -1.17. The van der Waals surface area contributed by atoms with Crippen molar-refractivity contribution in [3.05, 3.63) is 60.2 Å². The highest BCUT2D eigenvalue weighted by molar-refractivity contribution is 6.11. The van der Waals surface area contributed by atoms with Crippen molar-refractivity contribution in [3.8, 4) is 5.75 Å². The van der Waals surface area contributed by atoms with Gasteiger partial charge in [0.15, 0.2) is 5.54 Å². The number of rotatable bonds is 3. The summed E-state index contributed by atoms with van der Waals surface area (Å²) < 4.78 is 5.61. The number of carbonyl (C=O) groups is 3. The first-order valence-corrected chi connectivity index (χ1v) is 8.71. The maximum atomic E-state index is 13.2. The molecule has 138 valence electrons. The normalized spacial score (nSPS) is 20.9. The second-order valence-electron chi connectivity index (χ2n) is 6.61. The number of imide groups is 1. The molecular formula is C20H19N3O4. The maximum Gasteiger partial charge on any atom is 0.325 e. The Kier molecular flexibility index (Phi) is 4.07. The molecule has 4 amide bonds. The van der Waals surface area contributed by atoms with Crippen LogP contribution >= 0.6 is 0 Å². The molecule has 0 unspecified atom stereocenters. The zero-order chi connectivity index (χ0) is 19.0. The van der Waals surface area contributed by atoms with E-state index in [9.17, 15) is 14.4 Å². The van der Waals surface area contributed by atoms with Gasteiger partial charge in [0.25, 0.3) is 5.91 Å². The standard InChI is InChI=1S/C20H19N3O4/c1-22(14-7-3-2-4-8-14)17(24)13-23-18(25)20(21-19(23)26)11-12-27-16-10-6-5-9-15(16)20/h2-10H,11-13H2,1H3,(H,21,26)/t20-/m0/s1. The van der Waals surface area contributed by atoms with Gasteiger partial charge < -0.3 is 15.0 Å². The van der Waals surface area contributed by atoms with Gasteiger partial charge in [-0.05, 0) is 18.2 Å². The van der Waals surface area contributed by atoms with Gasteiger partial charge in [-0.1, -0.05) is 36.4 Å². The van der Waals surface area contributed by atoms with E-state index in [0.717, 1.165) is 4.90 Å². The summed E-state index contributed by atoms with van der Waals surface area (Å²) in [5.41, 5.74) is 0.152. The Morgan fingerprint density at radius 3 is 2.63 bits per heavy atom. The van der Waals surface area contributed by atoms with Gasteiger partial charge in [0.1, 0.15) is 12.3 Å². The number of ether oxygens (including phenoxy) is 1. The van der Waals surface area contributed by atoms with Gasteiger partial charge >= 0.3 is 6.03 Å². The van der Waals surface area contributed by atoms with Crippen molar-refractivity contribution < 1.29 is 19.1 Å². The van der Waals surface area contributed by atoms with E-state index in [1.54, 1.807) is 37.4 Å². The lowest BCUT2D eigenvalue weighted by atomic mass is 9.84. The van der Waals surface area contributed by atoms with Crippen molar-refractivity contribution in [2.45, 2.75) is 12.0 Å². The van der Waals surface area contributed by atoms with Crippen LogP contribution in [0.3, 0.4) is 0 Å². The van der Waals surface area contributed by atoms with Crippen molar-refractivity contribution in [2.75, 3.05) is 25.1 Å². The lowest BCUT2D eigenvalue weighted by Gasteiger charge is -2.33. The molecule has 2 aromatic carbocycles. The van der Waals surface area contributed by atoms with Gasteiger partial charge in [-0.25, -0.2) is 4.79 Å². The molecule has 2 aromatic rings. The third kappa shape index (κ3) is 2.71. The van der Waals surface area contributed by atoms with Gasteiger partial charge in [0, 0.05) is 24.7 Å². The zero-order valence-electron chi connectivity index (χ0n) is 14.8. The van der Waals surface area contributed by atoms with Gasteiger partial charge in [-0.3, -0.25) is 14.5 Å². The van der Waals surface area contributed by atoms with E-state index in [1.165, 1.54) is 4.90 Å². The molecule has 0 aliphatic carbocycles. The summed E-state index contributed by atoms with van der Waals surface area (Å²) in [5, 5.41) is 2.80. The second-order valence-corrected chi connectivity index (χ2v) is 6.61. The molecule has 7 heteroatoms. The van der Waals surface area contributed by atoms with Crippen molar-refractivity contribution in [2.24, 2.45) is 0 Å². The molecular weight excluding hydrogens is 346 g/mol. The molecule has 0 radical (unpaired) electrons. The van der Waals surface area contributed by atoms with E-state index in [4.69, 9.17) is 4.74 Å². The number of urea groups is 1. The van der Waals surface area contributed by atoms with Gasteiger partial charge in [0.05, 0.1) is 6.61 Å². The quantitative estimate of drug-likeness (QED) is 0.843. The molecule has 0 saturated carbocycles. The molecule has 2 aliphatic heterocycles. The summed E-state index contributed by atoms with van der Waals surface area (Å²) in [6.45, 7) is -0.00439. The largest absolute Gasteiger partial charge is 0.493 e. The first-order chi connectivity index (χ1) is 13.0. The molecule has 7 nitrogen and oxygen atoms in total. The maximum absolute atomic E-state index is 13.2. The van der Waals surface area contributed by atoms with Crippen LogP contribution in [0.4, 0.5) is 10.5 Å². The molecule has 1 fully saturated rings. The van der Waals surface area contributed by atoms with Gasteiger partial charge in [-0.2, -0.15) is 0 Å². The number of fused-ring (bicyclic) bond motifs is 2. The Labute approximate surface area is 156 Å². The summed E-state index contributed by atoms with van der Waals surface area (Å²) in [5.74, 6) is -0.188. The minimum Gasteiger partial charge on any atom is -0.493 e. The number of benzene rings is 2. The van der Waals surface area contributed by atoms with Crippen LogP contribution in [0.15, 0.2) is 54.6 Å². The fourth-order valence-electron chi connectivity index (χ4n) is 3.55. The average Bonchev–Trinajstić information content (AvgIpc) is 2.93. The number of para-hydroxylation sites is 2. The van der Waals surface area contributed by atoms with Crippen LogP contribution in [0.2, 0.25) is 0 Å². The average molecular weight is 365 g/mol. The van der Waals surface area contributed by atoms with E-state index in [1.807, 2.05) is 24.3 Å². The SMILES string of the molecule is CN(C(=O)CN1C(=O)N[C@]2(CCOc3ccccc32)C1=O)c1ccccc1. The Morgan fingerprint density at radius 1 is 1.15 bits per heavy atom. The fraction of sp³-hybridized carbons (Fsp3) is 0.250. The molecule has 1 spiro atoms. The predicted molar refractivity (Wildman–Crippen MR) is 98.3 cm³/mol. The fourth-order valence-corrected chi connectivity index (χ4v) is 3.55. The number of hydrogen-bond donors (Lipinski definition) is 1. The smallest absolute Gasteiger partial charge is 0.325 e. The van der Waals surface area contributed by atoms with Crippen LogP contribution in [-0.2, 0) is 15.1 Å². The highest BCUT2D eigenvalue weighted by Crippen LogP contribution is 2.40. The lowest BCUT2D eigenvalue weighted by Crippen LogP contribution is -2.48. The van der Waals surface area contributed by atoms with Crippen LogP contribution in [0, 0.1) is 0 Å². The van der Waals surface area contributed by atoms with Crippen molar-refractivity contribution in [1.82, 2.24) is 10.2 Å². The van der Waals surface area contributed by atoms with Crippen molar-refractivity contribution in [3.63, 3.8) is 0 Å². The number of amides is 4. The molecule has 0 aromatic heterocycles. The van der Waals surface area contributed by atoms with E-state index >= 15 is 0 Å². The van der Waals surface area contributed by atoms with E-state index in [2.05, 4.69) is 5.32 Å². The van der Waals surface area contributed by atoms with Crippen molar-refractivity contribution in [1.29, 1.82) is 0 Å². The van der Waals surface area contributed by atoms with Gasteiger partial charge in [0.2, 0.25) is 5.91 Å². The third-order valence-electron chi connectivity index (χ3n) is 5.07. The number of nitrogens with one attached hydrogen (secondary N) is 1. The van der Waals surface area contributed by atoms with Gasteiger partial charge in [-0.15, -0.1) is 0 Å². The summed E-state index contributed by atoms with van der Waals surface area (Å²) >= 11 is 0. The van der Waals surface area contributed by atoms with Crippen LogP contribution < -0.4 is 15.0 Å². The monoisotopic (exact) mass is 365 g/mol. The Hall–Kier alpha value is -3.35. The summed E-state index contributed by atoms with van der Waals surface area (Å²) in [6.07, 6.45) is 0.327. The molecule has 0 bridgehead atoms. The Bertz CT molecular complexity index is 914. The van der Waals surface area contributed by atoms with Crippen molar-refractivity contribution >= 4 is 23.5 Å². The predicted octanol–water partition coefficient (Wildman–Crippen LogP) is 1.88. The molecule has 1 saturated heterocycles. The lowest BCUT2D eigenvalue weighted by molar-refractivity contribution is -0.135. The molecule has 1 atom stereocenters. The number of nitrogens with zero attached hydrogens (tertiary/aromatic N) is 2. The summed E-state index contributed by atoms with van der Waals surface area (Å²) in [6, 6.07) is 15.7. The van der Waals surface area contributed by atoms with Crippen LogP contribution in [-0.4, -0.2) is 42.9 Å². The second kappa shape index (κ2) is 6.42. The number of likely N-dealkylation sites (N-methyl/N-ethyl adjacent to an activating group) is 1. The van der Waals surface area contributed by atoms with E-state index in [0.29, 0.717) is 30.0 Å². The third-order valence-corrected chi connectivity index (χ3v) is 5.07. The minimum absolute atomic E-state index is 0.314. The van der Waals surface area contributed by atoms with Crippen LogP contribution in [0.25, 0.3) is 0 Å². The number of hydrogen-bond acceptors (Lipinski definition) is 4. The highest BCUT2D eigenvalue weighted by Gasteiger charge is 2.55.